The summed E-state index contributed by atoms with van der Waals surface area (Å²) < 4.78 is 0. The number of nitro groups is 1. The largest absolute Gasteiger partial charge is 0.376 e. The van der Waals surface area contributed by atoms with Crippen LogP contribution in [0.5, 0.6) is 0 Å². The van der Waals surface area contributed by atoms with Crippen LogP contribution >= 0.6 is 0 Å². The fourth-order valence-electron chi connectivity index (χ4n) is 1.58. The number of benzene rings is 1. The lowest BCUT2D eigenvalue weighted by atomic mass is 10.1. The normalized spacial score (nSPS) is 11.6. The Morgan fingerprint density at radius 1 is 1.42 bits per heavy atom. The molecule has 0 aromatic heterocycles. The minimum Gasteiger partial charge on any atom is -0.376 e. The predicted octanol–water partition coefficient (Wildman–Crippen LogP) is 0.369. The molecule has 1 atom stereocenters. The molecule has 0 aliphatic heterocycles. The summed E-state index contributed by atoms with van der Waals surface area (Å²) >= 11 is 0. The standard InChI is InChI=1S/C11H14N4O4/c1-6(4-10(12)16)14-8-5-7(11(13)17)2-3-9(8)15(18)19/h2-3,5-6,14H,4H2,1H3,(H2,12,16)(H2,13,17). The topological polar surface area (TPSA) is 141 Å². The number of primary amides is 2. The molecule has 1 rings (SSSR count). The fraction of sp³-hybridized carbons (Fsp3) is 0.273. The van der Waals surface area contributed by atoms with Crippen molar-refractivity contribution in [3.8, 4) is 0 Å². The number of hydrogen-bond donors (Lipinski definition) is 3. The quantitative estimate of drug-likeness (QED) is 0.503. The molecule has 8 heteroatoms. The van der Waals surface area contributed by atoms with E-state index in [0.717, 1.165) is 0 Å². The molecule has 0 aliphatic rings. The van der Waals surface area contributed by atoms with Crippen LogP contribution in [-0.4, -0.2) is 22.8 Å². The zero-order valence-electron chi connectivity index (χ0n) is 10.3. The zero-order valence-corrected chi connectivity index (χ0v) is 10.3. The SMILES string of the molecule is CC(CC(N)=O)Nc1cc(C(N)=O)ccc1[N+](=O)[O-]. The van der Waals surface area contributed by atoms with Crippen molar-refractivity contribution < 1.29 is 14.5 Å². The Hall–Kier alpha value is -2.64. The summed E-state index contributed by atoms with van der Waals surface area (Å²) in [6.07, 6.45) is 0.0119. The van der Waals surface area contributed by atoms with Crippen LogP contribution in [-0.2, 0) is 4.79 Å². The highest BCUT2D eigenvalue weighted by molar-refractivity contribution is 5.94. The molecule has 0 fully saturated rings. The van der Waals surface area contributed by atoms with Crippen LogP contribution in [0.4, 0.5) is 11.4 Å². The minimum absolute atomic E-state index is 0.0119. The molecule has 8 nitrogen and oxygen atoms in total. The van der Waals surface area contributed by atoms with Crippen LogP contribution in [0.25, 0.3) is 0 Å². The van der Waals surface area contributed by atoms with E-state index in [1.165, 1.54) is 18.2 Å². The summed E-state index contributed by atoms with van der Waals surface area (Å²) in [5, 5.41) is 13.6. The third-order valence-corrected chi connectivity index (χ3v) is 2.39. The maximum Gasteiger partial charge on any atom is 0.292 e. The molecule has 0 heterocycles. The van der Waals surface area contributed by atoms with Crippen LogP contribution in [0, 0.1) is 10.1 Å². The van der Waals surface area contributed by atoms with Gasteiger partial charge in [-0.3, -0.25) is 19.7 Å². The van der Waals surface area contributed by atoms with Gasteiger partial charge in [0.15, 0.2) is 0 Å². The lowest BCUT2D eigenvalue weighted by molar-refractivity contribution is -0.384. The number of amides is 2. The van der Waals surface area contributed by atoms with E-state index in [1.54, 1.807) is 6.92 Å². The van der Waals surface area contributed by atoms with Crippen LogP contribution in [0.1, 0.15) is 23.7 Å². The Morgan fingerprint density at radius 2 is 2.05 bits per heavy atom. The summed E-state index contributed by atoms with van der Waals surface area (Å²) in [6.45, 7) is 1.64. The van der Waals surface area contributed by atoms with E-state index in [4.69, 9.17) is 11.5 Å². The van der Waals surface area contributed by atoms with E-state index in [0.29, 0.717) is 0 Å². The second-order valence-corrected chi connectivity index (χ2v) is 4.07. The molecule has 0 spiro atoms. The number of nitro benzene ring substituents is 1. The van der Waals surface area contributed by atoms with Crippen LogP contribution < -0.4 is 16.8 Å². The maximum absolute atomic E-state index is 11.0. The molecule has 102 valence electrons. The highest BCUT2D eigenvalue weighted by atomic mass is 16.6. The Morgan fingerprint density at radius 3 is 2.53 bits per heavy atom. The molecule has 5 N–H and O–H groups in total. The second-order valence-electron chi connectivity index (χ2n) is 4.07. The molecule has 1 aromatic rings. The van der Waals surface area contributed by atoms with Gasteiger partial charge in [-0.25, -0.2) is 0 Å². The Kier molecular flexibility index (Phi) is 4.41. The minimum atomic E-state index is -0.694. The summed E-state index contributed by atoms with van der Waals surface area (Å²) in [6, 6.07) is 3.32. The molecule has 0 bridgehead atoms. The van der Waals surface area contributed by atoms with E-state index in [2.05, 4.69) is 5.32 Å². The highest BCUT2D eigenvalue weighted by Crippen LogP contribution is 2.26. The van der Waals surface area contributed by atoms with Gasteiger partial charge in [0.25, 0.3) is 5.69 Å². The average Bonchev–Trinajstić information content (AvgIpc) is 2.26. The maximum atomic E-state index is 11.0. The Balaban J connectivity index is 3.07. The van der Waals surface area contributed by atoms with Gasteiger partial charge in [-0.05, 0) is 19.1 Å². The first-order valence-electron chi connectivity index (χ1n) is 5.44. The van der Waals surface area contributed by atoms with Crippen molar-refractivity contribution in [3.63, 3.8) is 0 Å². The molecule has 2 amide bonds. The predicted molar refractivity (Wildman–Crippen MR) is 68.5 cm³/mol. The first-order chi connectivity index (χ1) is 8.81. The lowest BCUT2D eigenvalue weighted by Crippen LogP contribution is -2.24. The number of nitrogens with two attached hydrogens (primary N) is 2. The van der Waals surface area contributed by atoms with Crippen molar-refractivity contribution in [3.05, 3.63) is 33.9 Å². The molecule has 19 heavy (non-hydrogen) atoms. The van der Waals surface area contributed by atoms with E-state index >= 15 is 0 Å². The number of carbonyl (C=O) groups is 2. The lowest BCUT2D eigenvalue weighted by Gasteiger charge is -2.14. The summed E-state index contributed by atoms with van der Waals surface area (Å²) in [5.74, 6) is -1.23. The van der Waals surface area contributed by atoms with Crippen LogP contribution in [0.3, 0.4) is 0 Å². The van der Waals surface area contributed by atoms with Crippen molar-refractivity contribution in [2.24, 2.45) is 11.5 Å². The van der Waals surface area contributed by atoms with Gasteiger partial charge >= 0.3 is 0 Å². The number of rotatable bonds is 6. The van der Waals surface area contributed by atoms with Gasteiger partial charge < -0.3 is 16.8 Å². The van der Waals surface area contributed by atoms with Gasteiger partial charge in [-0.1, -0.05) is 0 Å². The van der Waals surface area contributed by atoms with E-state index in [9.17, 15) is 19.7 Å². The second kappa shape index (κ2) is 5.80. The summed E-state index contributed by atoms with van der Waals surface area (Å²) in [5.41, 5.74) is 10.2. The molecule has 1 aromatic carbocycles. The number of hydrogen-bond acceptors (Lipinski definition) is 5. The first-order valence-corrected chi connectivity index (χ1v) is 5.44. The van der Waals surface area contributed by atoms with Crippen molar-refractivity contribution in [1.82, 2.24) is 0 Å². The van der Waals surface area contributed by atoms with Crippen molar-refractivity contribution in [2.45, 2.75) is 19.4 Å². The van der Waals surface area contributed by atoms with Gasteiger partial charge in [0.05, 0.1) is 4.92 Å². The zero-order chi connectivity index (χ0) is 14.6. The first kappa shape index (κ1) is 14.4. The van der Waals surface area contributed by atoms with Gasteiger partial charge in [0.1, 0.15) is 5.69 Å². The van der Waals surface area contributed by atoms with Gasteiger partial charge in [0.2, 0.25) is 11.8 Å². The monoisotopic (exact) mass is 266 g/mol. The van der Waals surface area contributed by atoms with Crippen molar-refractivity contribution in [1.29, 1.82) is 0 Å². The highest BCUT2D eigenvalue weighted by Gasteiger charge is 2.18. The van der Waals surface area contributed by atoms with Crippen LogP contribution in [0.15, 0.2) is 18.2 Å². The summed E-state index contributed by atoms with van der Waals surface area (Å²) in [4.78, 5) is 32.1. The average molecular weight is 266 g/mol. The molecule has 0 saturated heterocycles. The van der Waals surface area contributed by atoms with E-state index < -0.39 is 22.8 Å². The number of anilines is 1. The van der Waals surface area contributed by atoms with Crippen molar-refractivity contribution >= 4 is 23.2 Å². The number of nitrogens with zero attached hydrogens (tertiary/aromatic N) is 1. The Bertz CT molecular complexity index is 529. The molecule has 0 radical (unpaired) electrons. The molecule has 0 saturated carbocycles. The molecule has 0 aliphatic carbocycles. The number of nitrogens with one attached hydrogen (secondary N) is 1. The molecular weight excluding hydrogens is 252 g/mol. The summed E-state index contributed by atoms with van der Waals surface area (Å²) in [7, 11) is 0. The van der Waals surface area contributed by atoms with Gasteiger partial charge in [-0.2, -0.15) is 0 Å². The fourth-order valence-corrected chi connectivity index (χ4v) is 1.58. The van der Waals surface area contributed by atoms with Gasteiger partial charge in [-0.15, -0.1) is 0 Å². The van der Waals surface area contributed by atoms with E-state index in [1.807, 2.05) is 0 Å². The molecular formula is C11H14N4O4. The third kappa shape index (κ3) is 3.95. The third-order valence-electron chi connectivity index (χ3n) is 2.39. The Labute approximate surface area is 108 Å². The molecule has 1 unspecified atom stereocenters. The van der Waals surface area contributed by atoms with E-state index in [-0.39, 0.29) is 23.4 Å². The number of carbonyl (C=O) groups excluding carboxylic acids is 2. The smallest absolute Gasteiger partial charge is 0.292 e. The van der Waals surface area contributed by atoms with Crippen molar-refractivity contribution in [2.75, 3.05) is 5.32 Å². The van der Waals surface area contributed by atoms with Gasteiger partial charge in [0, 0.05) is 24.1 Å². The van der Waals surface area contributed by atoms with Crippen LogP contribution in [0.2, 0.25) is 0 Å².